The monoisotopic (exact) mass is 240 g/mol. The van der Waals surface area contributed by atoms with E-state index in [1.807, 2.05) is 0 Å². The third kappa shape index (κ3) is 3.53. The lowest BCUT2D eigenvalue weighted by Gasteiger charge is -2.10. The van der Waals surface area contributed by atoms with Crippen molar-refractivity contribution in [3.05, 3.63) is 29.6 Å². The number of nitrogens with one attached hydrogen (secondary N) is 1. The minimum Gasteiger partial charge on any atom is -0.478 e. The summed E-state index contributed by atoms with van der Waals surface area (Å²) in [5.74, 6) is -2.77. The van der Waals surface area contributed by atoms with Crippen molar-refractivity contribution in [3.63, 3.8) is 0 Å². The number of carbonyl (C=O) groups is 2. The zero-order chi connectivity index (χ0) is 13.0. The van der Waals surface area contributed by atoms with Crippen molar-refractivity contribution in [1.29, 1.82) is 0 Å². The molecular formula is C11H13FN2O3. The van der Waals surface area contributed by atoms with E-state index in [1.165, 1.54) is 12.1 Å². The molecule has 0 radical (unpaired) electrons. The van der Waals surface area contributed by atoms with Crippen molar-refractivity contribution in [1.82, 2.24) is 0 Å². The molecule has 92 valence electrons. The van der Waals surface area contributed by atoms with Gasteiger partial charge < -0.3 is 16.2 Å². The summed E-state index contributed by atoms with van der Waals surface area (Å²) in [6, 6.07) is 3.32. The molecule has 1 unspecified atom stereocenters. The number of hydrogen-bond donors (Lipinski definition) is 3. The highest BCUT2D eigenvalue weighted by atomic mass is 19.1. The van der Waals surface area contributed by atoms with Crippen LogP contribution in [0.15, 0.2) is 18.2 Å². The minimum absolute atomic E-state index is 0.0373. The number of carboxylic acid groups (broad SMARTS) is 1. The molecule has 0 aliphatic heterocycles. The Morgan fingerprint density at radius 3 is 2.71 bits per heavy atom. The molecule has 1 aromatic carbocycles. The van der Waals surface area contributed by atoms with E-state index in [2.05, 4.69) is 5.32 Å². The van der Waals surface area contributed by atoms with Gasteiger partial charge in [0.15, 0.2) is 0 Å². The van der Waals surface area contributed by atoms with Crippen LogP contribution in [0, 0.1) is 5.82 Å². The van der Waals surface area contributed by atoms with Crippen LogP contribution in [-0.4, -0.2) is 23.0 Å². The minimum atomic E-state index is -1.43. The predicted molar refractivity (Wildman–Crippen MR) is 60.3 cm³/mol. The molecule has 1 amide bonds. The van der Waals surface area contributed by atoms with Crippen LogP contribution in [0.4, 0.5) is 10.1 Å². The van der Waals surface area contributed by atoms with E-state index < -0.39 is 23.3 Å². The fourth-order valence-electron chi connectivity index (χ4n) is 1.34. The molecule has 1 rings (SSSR count). The number of aromatic carboxylic acids is 1. The first-order chi connectivity index (χ1) is 7.91. The Kier molecular flexibility index (Phi) is 4.17. The third-order valence-corrected chi connectivity index (χ3v) is 2.01. The first kappa shape index (κ1) is 13.1. The average Bonchev–Trinajstić information content (AvgIpc) is 2.15. The number of hydrogen-bond acceptors (Lipinski definition) is 3. The van der Waals surface area contributed by atoms with Crippen LogP contribution in [0.3, 0.4) is 0 Å². The zero-order valence-electron chi connectivity index (χ0n) is 9.24. The van der Waals surface area contributed by atoms with E-state index in [9.17, 15) is 14.0 Å². The molecule has 5 nitrogen and oxygen atoms in total. The van der Waals surface area contributed by atoms with E-state index in [0.29, 0.717) is 0 Å². The molecule has 0 saturated heterocycles. The van der Waals surface area contributed by atoms with E-state index in [-0.39, 0.29) is 18.2 Å². The van der Waals surface area contributed by atoms with E-state index in [0.717, 1.165) is 6.07 Å². The maximum absolute atomic E-state index is 13.3. The van der Waals surface area contributed by atoms with Gasteiger partial charge in [-0.25, -0.2) is 9.18 Å². The van der Waals surface area contributed by atoms with Crippen molar-refractivity contribution < 1.29 is 19.1 Å². The normalized spacial score (nSPS) is 11.9. The molecule has 0 aromatic heterocycles. The molecular weight excluding hydrogens is 227 g/mol. The fourth-order valence-corrected chi connectivity index (χ4v) is 1.34. The molecule has 0 spiro atoms. The van der Waals surface area contributed by atoms with Crippen molar-refractivity contribution in [2.24, 2.45) is 5.73 Å². The molecule has 4 N–H and O–H groups in total. The summed E-state index contributed by atoms with van der Waals surface area (Å²) in [5.41, 5.74) is 4.81. The lowest BCUT2D eigenvalue weighted by molar-refractivity contribution is -0.116. The summed E-state index contributed by atoms with van der Waals surface area (Å²) >= 11 is 0. The Balaban J connectivity index is 2.95. The van der Waals surface area contributed by atoms with Gasteiger partial charge >= 0.3 is 5.97 Å². The summed E-state index contributed by atoms with van der Waals surface area (Å²) in [6.45, 7) is 1.64. The Morgan fingerprint density at radius 2 is 2.18 bits per heavy atom. The lowest BCUT2D eigenvalue weighted by Crippen LogP contribution is -2.24. The summed E-state index contributed by atoms with van der Waals surface area (Å²) in [4.78, 5) is 22.2. The quantitative estimate of drug-likeness (QED) is 0.737. The number of rotatable bonds is 4. The number of halogens is 1. The van der Waals surface area contributed by atoms with Crippen molar-refractivity contribution in [3.8, 4) is 0 Å². The maximum Gasteiger partial charge on any atom is 0.340 e. The standard InChI is InChI=1S/C11H13FN2O3/c1-6(13)5-9(15)14-8-4-2-3-7(12)10(8)11(16)17/h2-4,6H,5,13H2,1H3,(H,14,15)(H,16,17). The zero-order valence-corrected chi connectivity index (χ0v) is 9.24. The number of amides is 1. The van der Waals surface area contributed by atoms with Crippen molar-refractivity contribution in [2.75, 3.05) is 5.32 Å². The molecule has 1 aromatic rings. The molecule has 0 aliphatic carbocycles. The predicted octanol–water partition coefficient (Wildman–Crippen LogP) is 1.20. The largest absolute Gasteiger partial charge is 0.478 e. The summed E-state index contributed by atoms with van der Waals surface area (Å²) in [7, 11) is 0. The first-order valence-electron chi connectivity index (χ1n) is 4.99. The average molecular weight is 240 g/mol. The van der Waals surface area contributed by atoms with E-state index in [1.54, 1.807) is 6.92 Å². The molecule has 0 saturated carbocycles. The number of carboxylic acids is 1. The Hall–Kier alpha value is -1.95. The van der Waals surface area contributed by atoms with Gasteiger partial charge in [0, 0.05) is 12.5 Å². The van der Waals surface area contributed by atoms with E-state index >= 15 is 0 Å². The highest BCUT2D eigenvalue weighted by Gasteiger charge is 2.17. The molecule has 0 fully saturated rings. The number of carbonyl (C=O) groups excluding carboxylic acids is 1. The van der Waals surface area contributed by atoms with Crippen LogP contribution in [0.2, 0.25) is 0 Å². The van der Waals surface area contributed by atoms with Gasteiger partial charge in [0.1, 0.15) is 11.4 Å². The van der Waals surface area contributed by atoms with Gasteiger partial charge in [-0.3, -0.25) is 4.79 Å². The van der Waals surface area contributed by atoms with Crippen LogP contribution < -0.4 is 11.1 Å². The fraction of sp³-hybridized carbons (Fsp3) is 0.273. The first-order valence-corrected chi connectivity index (χ1v) is 4.99. The summed E-state index contributed by atoms with van der Waals surface area (Å²) in [6.07, 6.45) is 0.0373. The van der Waals surface area contributed by atoms with Gasteiger partial charge in [-0.05, 0) is 19.1 Å². The second-order valence-electron chi connectivity index (χ2n) is 3.70. The molecule has 6 heteroatoms. The van der Waals surface area contributed by atoms with Crippen LogP contribution in [0.1, 0.15) is 23.7 Å². The highest BCUT2D eigenvalue weighted by Crippen LogP contribution is 2.19. The van der Waals surface area contributed by atoms with Crippen LogP contribution in [0.25, 0.3) is 0 Å². The summed E-state index contributed by atoms with van der Waals surface area (Å²) < 4.78 is 13.3. The summed E-state index contributed by atoms with van der Waals surface area (Å²) in [5, 5.41) is 11.1. The smallest absolute Gasteiger partial charge is 0.340 e. The van der Waals surface area contributed by atoms with Gasteiger partial charge in [0.25, 0.3) is 0 Å². The Bertz CT molecular complexity index is 446. The molecule has 0 aliphatic rings. The SMILES string of the molecule is CC(N)CC(=O)Nc1cccc(F)c1C(=O)O. The maximum atomic E-state index is 13.3. The van der Waals surface area contributed by atoms with Gasteiger partial charge in [-0.2, -0.15) is 0 Å². The lowest BCUT2D eigenvalue weighted by atomic mass is 10.1. The second-order valence-corrected chi connectivity index (χ2v) is 3.70. The molecule has 0 bridgehead atoms. The Morgan fingerprint density at radius 1 is 1.53 bits per heavy atom. The third-order valence-electron chi connectivity index (χ3n) is 2.01. The molecule has 17 heavy (non-hydrogen) atoms. The van der Waals surface area contributed by atoms with Crippen LogP contribution >= 0.6 is 0 Å². The topological polar surface area (TPSA) is 92.4 Å². The van der Waals surface area contributed by atoms with Crippen LogP contribution in [-0.2, 0) is 4.79 Å². The van der Waals surface area contributed by atoms with Gasteiger partial charge in [0.2, 0.25) is 5.91 Å². The van der Waals surface area contributed by atoms with Gasteiger partial charge in [-0.15, -0.1) is 0 Å². The van der Waals surface area contributed by atoms with Crippen LogP contribution in [0.5, 0.6) is 0 Å². The number of anilines is 1. The molecule has 1 atom stereocenters. The van der Waals surface area contributed by atoms with Gasteiger partial charge in [0.05, 0.1) is 5.69 Å². The van der Waals surface area contributed by atoms with Crippen molar-refractivity contribution in [2.45, 2.75) is 19.4 Å². The number of nitrogens with two attached hydrogens (primary N) is 1. The van der Waals surface area contributed by atoms with E-state index in [4.69, 9.17) is 10.8 Å². The van der Waals surface area contributed by atoms with Gasteiger partial charge in [-0.1, -0.05) is 6.07 Å². The number of benzene rings is 1. The van der Waals surface area contributed by atoms with Crippen molar-refractivity contribution >= 4 is 17.6 Å². The molecule has 0 heterocycles. The second kappa shape index (κ2) is 5.40. The highest BCUT2D eigenvalue weighted by molar-refractivity contribution is 6.00. The Labute approximate surface area is 97.4 Å².